The fourth-order valence-electron chi connectivity index (χ4n) is 3.96. The van der Waals surface area contributed by atoms with Gasteiger partial charge < -0.3 is 10.1 Å². The number of carbonyl (C=O) groups is 1. The number of nitrogens with one attached hydrogen (secondary N) is 1. The Morgan fingerprint density at radius 1 is 1.18 bits per heavy atom. The lowest BCUT2D eigenvalue weighted by Crippen LogP contribution is -2.23. The van der Waals surface area contributed by atoms with E-state index in [9.17, 15) is 19.7 Å². The van der Waals surface area contributed by atoms with E-state index in [4.69, 9.17) is 4.74 Å². The number of hydrogen-bond donors (Lipinski definition) is 1. The molecule has 0 spiro atoms. The van der Waals surface area contributed by atoms with Crippen LogP contribution in [0.2, 0.25) is 0 Å². The molecule has 0 unspecified atom stereocenters. The SMILES string of the molecule is CCCCc1nc2ccc(Br)cc2c(=O)n1N=Cc1cc(Br)cc([N+](=O)[O-])c1OCC(=O)Nc1ccccc1C. The molecule has 4 aromatic rings. The Hall–Kier alpha value is -3.90. The molecule has 206 valence electrons. The molecule has 3 aromatic carbocycles. The molecule has 1 amide bonds. The van der Waals surface area contributed by atoms with E-state index in [0.717, 1.165) is 22.9 Å². The second-order valence-corrected chi connectivity index (χ2v) is 10.7. The van der Waals surface area contributed by atoms with E-state index in [2.05, 4.69) is 47.3 Å². The van der Waals surface area contributed by atoms with E-state index in [1.807, 2.05) is 32.0 Å². The number of aryl methyl sites for hydroxylation is 2. The van der Waals surface area contributed by atoms with Gasteiger partial charge in [-0.05, 0) is 49.2 Å². The van der Waals surface area contributed by atoms with Crippen molar-refractivity contribution in [1.82, 2.24) is 9.66 Å². The van der Waals surface area contributed by atoms with Gasteiger partial charge in [-0.3, -0.25) is 19.7 Å². The number of hydrogen-bond acceptors (Lipinski definition) is 7. The molecule has 1 aromatic heterocycles. The van der Waals surface area contributed by atoms with Gasteiger partial charge in [0.05, 0.1) is 22.0 Å². The van der Waals surface area contributed by atoms with Crippen molar-refractivity contribution in [2.24, 2.45) is 5.10 Å². The van der Waals surface area contributed by atoms with Gasteiger partial charge in [0.25, 0.3) is 11.5 Å². The van der Waals surface area contributed by atoms with Crippen LogP contribution < -0.4 is 15.6 Å². The largest absolute Gasteiger partial charge is 0.476 e. The van der Waals surface area contributed by atoms with Crippen LogP contribution in [0.25, 0.3) is 10.9 Å². The molecule has 4 rings (SSSR count). The highest BCUT2D eigenvalue weighted by Gasteiger charge is 2.22. The zero-order valence-electron chi connectivity index (χ0n) is 21.7. The maximum Gasteiger partial charge on any atom is 0.312 e. The average Bonchev–Trinajstić information content (AvgIpc) is 2.92. The van der Waals surface area contributed by atoms with Crippen LogP contribution >= 0.6 is 31.9 Å². The van der Waals surface area contributed by atoms with Gasteiger partial charge in [0.15, 0.2) is 6.61 Å². The lowest BCUT2D eigenvalue weighted by atomic mass is 10.2. The van der Waals surface area contributed by atoms with E-state index < -0.39 is 17.4 Å². The first-order valence-electron chi connectivity index (χ1n) is 12.4. The summed E-state index contributed by atoms with van der Waals surface area (Å²) < 4.78 is 8.00. The van der Waals surface area contributed by atoms with Gasteiger partial charge in [-0.25, -0.2) is 4.98 Å². The Morgan fingerprint density at radius 2 is 1.95 bits per heavy atom. The number of rotatable bonds is 10. The van der Waals surface area contributed by atoms with E-state index in [0.29, 0.717) is 33.3 Å². The monoisotopic (exact) mass is 669 g/mol. The second kappa shape index (κ2) is 13.0. The smallest absolute Gasteiger partial charge is 0.312 e. The number of nitro groups is 1. The number of nitrogens with zero attached hydrogens (tertiary/aromatic N) is 4. The summed E-state index contributed by atoms with van der Waals surface area (Å²) >= 11 is 6.68. The summed E-state index contributed by atoms with van der Waals surface area (Å²) in [6.45, 7) is 3.40. The van der Waals surface area contributed by atoms with Gasteiger partial charge in [-0.1, -0.05) is 63.4 Å². The summed E-state index contributed by atoms with van der Waals surface area (Å²) in [4.78, 5) is 41.9. The van der Waals surface area contributed by atoms with Gasteiger partial charge in [-0.2, -0.15) is 9.78 Å². The number of benzene rings is 3. The number of unbranched alkanes of at least 4 members (excludes halogenated alkanes) is 1. The Balaban J connectivity index is 1.73. The van der Waals surface area contributed by atoms with E-state index in [1.165, 1.54) is 17.0 Å². The van der Waals surface area contributed by atoms with Crippen LogP contribution in [0.1, 0.15) is 36.7 Å². The number of anilines is 1. The summed E-state index contributed by atoms with van der Waals surface area (Å²) in [5.41, 5.74) is 1.48. The van der Waals surface area contributed by atoms with Gasteiger partial charge in [-0.15, -0.1) is 0 Å². The van der Waals surface area contributed by atoms with Crippen LogP contribution in [0.4, 0.5) is 11.4 Å². The molecule has 1 N–H and O–H groups in total. The third-order valence-corrected chi connectivity index (χ3v) is 6.92. The first-order chi connectivity index (χ1) is 19.2. The minimum atomic E-state index is -0.607. The molecule has 40 heavy (non-hydrogen) atoms. The first-order valence-corrected chi connectivity index (χ1v) is 14.0. The molecular formula is C28H25Br2N5O5. The predicted molar refractivity (Wildman–Crippen MR) is 161 cm³/mol. The van der Waals surface area contributed by atoms with Crippen LogP contribution in [0.5, 0.6) is 5.75 Å². The van der Waals surface area contributed by atoms with Crippen molar-refractivity contribution in [3.05, 3.63) is 101 Å². The summed E-state index contributed by atoms with van der Waals surface area (Å²) in [6, 6.07) is 15.3. The number of halogens is 2. The zero-order valence-corrected chi connectivity index (χ0v) is 24.9. The van der Waals surface area contributed by atoms with Gasteiger partial charge >= 0.3 is 5.69 Å². The number of aromatic nitrogens is 2. The van der Waals surface area contributed by atoms with Gasteiger partial charge in [0.2, 0.25) is 5.75 Å². The minimum absolute atomic E-state index is 0.156. The number of nitro benzene ring substituents is 1. The third-order valence-electron chi connectivity index (χ3n) is 5.97. The number of para-hydroxylation sites is 1. The molecule has 12 heteroatoms. The molecule has 0 fully saturated rings. The van der Waals surface area contributed by atoms with Crippen LogP contribution in [0.3, 0.4) is 0 Å². The van der Waals surface area contributed by atoms with Crippen LogP contribution in [-0.2, 0) is 11.2 Å². The summed E-state index contributed by atoms with van der Waals surface area (Å²) in [5.74, 6) is -0.184. The standard InChI is InChI=1S/C28H25Br2N5O5/c1-3-4-9-25-32-23-11-10-19(29)13-21(23)28(37)34(25)31-15-18-12-20(30)14-24(35(38)39)27(18)40-16-26(36)33-22-8-6-5-7-17(22)2/h5-8,10-15H,3-4,9,16H2,1-2H3,(H,33,36). The summed E-state index contributed by atoms with van der Waals surface area (Å²) in [5, 5.41) is 19.4. The van der Waals surface area contributed by atoms with Crippen LogP contribution in [-0.4, -0.2) is 33.3 Å². The molecule has 0 atom stereocenters. The molecule has 10 nitrogen and oxygen atoms in total. The first kappa shape index (κ1) is 29.1. The van der Waals surface area contributed by atoms with Crippen molar-refractivity contribution in [2.45, 2.75) is 33.1 Å². The maximum absolute atomic E-state index is 13.4. The zero-order chi connectivity index (χ0) is 28.8. The van der Waals surface area contributed by atoms with Crippen molar-refractivity contribution < 1.29 is 14.5 Å². The minimum Gasteiger partial charge on any atom is -0.476 e. The maximum atomic E-state index is 13.4. The topological polar surface area (TPSA) is 129 Å². The Morgan fingerprint density at radius 3 is 2.67 bits per heavy atom. The van der Waals surface area contributed by atoms with Gasteiger partial charge in [0, 0.05) is 32.7 Å². The predicted octanol–water partition coefficient (Wildman–Crippen LogP) is 6.38. The van der Waals surface area contributed by atoms with Crippen molar-refractivity contribution in [2.75, 3.05) is 11.9 Å². The molecule has 0 saturated heterocycles. The fourth-order valence-corrected chi connectivity index (χ4v) is 4.78. The Bertz CT molecular complexity index is 1690. The van der Waals surface area contributed by atoms with Crippen LogP contribution in [0.15, 0.2) is 73.4 Å². The fraction of sp³-hybridized carbons (Fsp3) is 0.214. The molecule has 0 aliphatic heterocycles. The highest BCUT2D eigenvalue weighted by Crippen LogP contribution is 2.34. The summed E-state index contributed by atoms with van der Waals surface area (Å²) in [7, 11) is 0. The van der Waals surface area contributed by atoms with Crippen molar-refractivity contribution in [1.29, 1.82) is 0 Å². The molecule has 0 bridgehead atoms. The summed E-state index contributed by atoms with van der Waals surface area (Å²) in [6.07, 6.45) is 3.49. The molecular weight excluding hydrogens is 646 g/mol. The van der Waals surface area contributed by atoms with Crippen molar-refractivity contribution >= 4 is 66.3 Å². The normalized spacial score (nSPS) is 11.2. The number of carbonyl (C=O) groups excluding carboxylic acids is 1. The van der Waals surface area contributed by atoms with E-state index >= 15 is 0 Å². The second-order valence-electron chi connectivity index (χ2n) is 8.91. The van der Waals surface area contributed by atoms with E-state index in [1.54, 1.807) is 30.3 Å². The highest BCUT2D eigenvalue weighted by atomic mass is 79.9. The van der Waals surface area contributed by atoms with Crippen LogP contribution in [0, 0.1) is 17.0 Å². The van der Waals surface area contributed by atoms with E-state index in [-0.39, 0.29) is 22.6 Å². The third kappa shape index (κ3) is 6.80. The molecule has 0 radical (unpaired) electrons. The number of fused-ring (bicyclic) bond motifs is 1. The average molecular weight is 671 g/mol. The number of amides is 1. The lowest BCUT2D eigenvalue weighted by molar-refractivity contribution is -0.385. The van der Waals surface area contributed by atoms with Crippen molar-refractivity contribution in [3.8, 4) is 5.75 Å². The molecule has 1 heterocycles. The van der Waals surface area contributed by atoms with Crippen molar-refractivity contribution in [3.63, 3.8) is 0 Å². The Kier molecular flexibility index (Phi) is 9.43. The lowest BCUT2D eigenvalue weighted by Gasteiger charge is -2.12. The molecule has 0 saturated carbocycles. The number of ether oxygens (including phenoxy) is 1. The highest BCUT2D eigenvalue weighted by molar-refractivity contribution is 9.10. The Labute approximate surface area is 246 Å². The molecule has 0 aliphatic carbocycles. The van der Waals surface area contributed by atoms with Gasteiger partial charge in [0.1, 0.15) is 5.82 Å². The molecule has 0 aliphatic rings. The quantitative estimate of drug-likeness (QED) is 0.118.